The molecule has 0 aliphatic carbocycles. The maximum atomic E-state index is 9.36. The van der Waals surface area contributed by atoms with Crippen LogP contribution >= 0.6 is 0 Å². The third-order valence-electron chi connectivity index (χ3n) is 3.68. The number of unbranched alkanes of at least 4 members (excludes halogenated alkanes) is 5. The van der Waals surface area contributed by atoms with Gasteiger partial charge in [0.15, 0.2) is 0 Å². The Morgan fingerprint density at radius 3 is 1.88 bits per heavy atom. The quantitative estimate of drug-likeness (QED) is 0.451. The van der Waals surface area contributed by atoms with Gasteiger partial charge in [0.2, 0.25) is 0 Å². The maximum absolute atomic E-state index is 9.36. The highest BCUT2D eigenvalue weighted by Crippen LogP contribution is 2.34. The second-order valence-electron chi connectivity index (χ2n) is 5.01. The van der Waals surface area contributed by atoms with Crippen LogP contribution in [0.1, 0.15) is 85.0 Å². The van der Waals surface area contributed by atoms with E-state index < -0.39 is 0 Å². The van der Waals surface area contributed by atoms with Gasteiger partial charge in [0.05, 0.1) is 11.5 Å². The minimum absolute atomic E-state index is 0.0117. The van der Waals surface area contributed by atoms with Crippen LogP contribution in [0.2, 0.25) is 0 Å². The van der Waals surface area contributed by atoms with Gasteiger partial charge >= 0.3 is 0 Å². The van der Waals surface area contributed by atoms with E-state index in [0.717, 1.165) is 19.3 Å². The van der Waals surface area contributed by atoms with Crippen molar-refractivity contribution in [3.8, 4) is 6.07 Å². The van der Waals surface area contributed by atoms with E-state index in [4.69, 9.17) is 0 Å². The lowest BCUT2D eigenvalue weighted by Gasteiger charge is -2.24. The lowest BCUT2D eigenvalue weighted by Crippen LogP contribution is -2.17. The fourth-order valence-corrected chi connectivity index (χ4v) is 2.25. The Hall–Kier alpha value is -0.510. The zero-order chi connectivity index (χ0) is 12.3. The number of hydrogen-bond donors (Lipinski definition) is 0. The predicted octanol–water partition coefficient (Wildman–Crippen LogP) is 5.46. The van der Waals surface area contributed by atoms with Crippen LogP contribution in [-0.2, 0) is 0 Å². The fraction of sp³-hybridized carbons (Fsp3) is 0.933. The fourth-order valence-electron chi connectivity index (χ4n) is 2.25. The van der Waals surface area contributed by atoms with Gasteiger partial charge in [-0.2, -0.15) is 5.26 Å². The number of rotatable bonds is 10. The molecule has 0 amide bonds. The first-order valence-corrected chi connectivity index (χ1v) is 7.16. The normalized spacial score (nSPS) is 14.4. The molecule has 0 saturated heterocycles. The molecule has 0 aromatic rings. The third-order valence-corrected chi connectivity index (χ3v) is 3.68. The molecular formula is C15H29N. The molecule has 0 spiro atoms. The van der Waals surface area contributed by atoms with Crippen LogP contribution in [0.3, 0.4) is 0 Å². The molecule has 1 nitrogen and oxygen atoms in total. The second kappa shape index (κ2) is 9.70. The van der Waals surface area contributed by atoms with E-state index >= 15 is 0 Å². The Labute approximate surface area is 102 Å². The van der Waals surface area contributed by atoms with Crippen LogP contribution in [0.25, 0.3) is 0 Å². The largest absolute Gasteiger partial charge is 0.198 e. The number of hydrogen-bond acceptors (Lipinski definition) is 1. The zero-order valence-electron chi connectivity index (χ0n) is 11.5. The molecule has 1 unspecified atom stereocenters. The van der Waals surface area contributed by atoms with Crippen molar-refractivity contribution < 1.29 is 0 Å². The highest BCUT2D eigenvalue weighted by Gasteiger charge is 2.26. The van der Waals surface area contributed by atoms with E-state index in [1.807, 2.05) is 0 Å². The van der Waals surface area contributed by atoms with Crippen molar-refractivity contribution in [3.63, 3.8) is 0 Å². The minimum Gasteiger partial charge on any atom is -0.198 e. The molecule has 1 atom stereocenters. The van der Waals surface area contributed by atoms with E-state index in [9.17, 15) is 5.26 Å². The van der Waals surface area contributed by atoms with Crippen molar-refractivity contribution in [1.29, 1.82) is 5.26 Å². The monoisotopic (exact) mass is 223 g/mol. The highest BCUT2D eigenvalue weighted by molar-refractivity contribution is 4.97. The average molecular weight is 223 g/mol. The molecule has 1 heteroatoms. The summed E-state index contributed by atoms with van der Waals surface area (Å²) in [6.07, 6.45) is 12.2. The SMILES string of the molecule is CCCCCCCC(C#N)(CC)CCCC. The molecule has 0 aliphatic heterocycles. The minimum atomic E-state index is -0.0117. The van der Waals surface area contributed by atoms with Crippen LogP contribution in [0.15, 0.2) is 0 Å². The van der Waals surface area contributed by atoms with Crippen LogP contribution in [0.4, 0.5) is 0 Å². The maximum Gasteiger partial charge on any atom is 0.0689 e. The summed E-state index contributed by atoms with van der Waals surface area (Å²) in [6.45, 7) is 6.62. The Kier molecular flexibility index (Phi) is 9.39. The van der Waals surface area contributed by atoms with E-state index in [1.54, 1.807) is 0 Å². The van der Waals surface area contributed by atoms with Crippen LogP contribution in [0, 0.1) is 16.7 Å². The van der Waals surface area contributed by atoms with Gasteiger partial charge < -0.3 is 0 Å². The summed E-state index contributed by atoms with van der Waals surface area (Å²) >= 11 is 0. The Morgan fingerprint density at radius 2 is 1.38 bits per heavy atom. The second-order valence-corrected chi connectivity index (χ2v) is 5.01. The summed E-state index contributed by atoms with van der Waals surface area (Å²) in [7, 11) is 0. The van der Waals surface area contributed by atoms with Crippen molar-refractivity contribution in [2.24, 2.45) is 5.41 Å². The average Bonchev–Trinajstić information content (AvgIpc) is 2.33. The van der Waals surface area contributed by atoms with E-state index in [1.165, 1.54) is 44.9 Å². The summed E-state index contributed by atoms with van der Waals surface area (Å²) in [6, 6.07) is 2.59. The van der Waals surface area contributed by atoms with Gasteiger partial charge in [-0.1, -0.05) is 65.7 Å². The lowest BCUT2D eigenvalue weighted by atomic mass is 9.77. The molecule has 0 fully saturated rings. The zero-order valence-corrected chi connectivity index (χ0v) is 11.5. The molecule has 0 rings (SSSR count). The summed E-state index contributed by atoms with van der Waals surface area (Å²) < 4.78 is 0. The van der Waals surface area contributed by atoms with Gasteiger partial charge in [-0.15, -0.1) is 0 Å². The van der Waals surface area contributed by atoms with Crippen LogP contribution in [0.5, 0.6) is 0 Å². The molecule has 0 N–H and O–H groups in total. The smallest absolute Gasteiger partial charge is 0.0689 e. The molecule has 94 valence electrons. The van der Waals surface area contributed by atoms with Gasteiger partial charge in [-0.25, -0.2) is 0 Å². The van der Waals surface area contributed by atoms with Gasteiger partial charge in [-0.05, 0) is 19.3 Å². The first kappa shape index (κ1) is 15.5. The van der Waals surface area contributed by atoms with E-state index in [0.29, 0.717) is 0 Å². The van der Waals surface area contributed by atoms with Crippen molar-refractivity contribution in [2.75, 3.05) is 0 Å². The number of nitrogens with zero attached hydrogens (tertiary/aromatic N) is 1. The van der Waals surface area contributed by atoms with Crippen molar-refractivity contribution in [1.82, 2.24) is 0 Å². The molecule has 0 heterocycles. The van der Waals surface area contributed by atoms with Gasteiger partial charge in [0.1, 0.15) is 0 Å². The summed E-state index contributed by atoms with van der Waals surface area (Å²) in [5, 5.41) is 9.36. The molecular weight excluding hydrogens is 194 g/mol. The molecule has 0 saturated carbocycles. The van der Waals surface area contributed by atoms with E-state index in [-0.39, 0.29) is 5.41 Å². The Morgan fingerprint density at radius 1 is 0.812 bits per heavy atom. The van der Waals surface area contributed by atoms with Crippen LogP contribution in [-0.4, -0.2) is 0 Å². The lowest BCUT2D eigenvalue weighted by molar-refractivity contribution is 0.300. The summed E-state index contributed by atoms with van der Waals surface area (Å²) in [4.78, 5) is 0. The first-order valence-electron chi connectivity index (χ1n) is 7.16. The van der Waals surface area contributed by atoms with Crippen LogP contribution < -0.4 is 0 Å². The molecule has 0 radical (unpaired) electrons. The van der Waals surface area contributed by atoms with Crippen molar-refractivity contribution in [3.05, 3.63) is 0 Å². The van der Waals surface area contributed by atoms with Crippen molar-refractivity contribution in [2.45, 2.75) is 85.0 Å². The molecule has 0 aromatic heterocycles. The van der Waals surface area contributed by atoms with Gasteiger partial charge in [0, 0.05) is 0 Å². The molecule has 16 heavy (non-hydrogen) atoms. The Bertz CT molecular complexity index is 192. The van der Waals surface area contributed by atoms with Crippen molar-refractivity contribution >= 4 is 0 Å². The predicted molar refractivity (Wildman–Crippen MR) is 71.2 cm³/mol. The standard InChI is InChI=1S/C15H29N/c1-4-7-9-10-11-13-15(6-3,14-16)12-8-5-2/h4-13H2,1-3H3. The Balaban J connectivity index is 3.88. The first-order chi connectivity index (χ1) is 7.74. The van der Waals surface area contributed by atoms with E-state index in [2.05, 4.69) is 26.8 Å². The van der Waals surface area contributed by atoms with Gasteiger partial charge in [0.25, 0.3) is 0 Å². The number of nitriles is 1. The summed E-state index contributed by atoms with van der Waals surface area (Å²) in [5.41, 5.74) is -0.0117. The topological polar surface area (TPSA) is 23.8 Å². The molecule has 0 bridgehead atoms. The third kappa shape index (κ3) is 6.16. The molecule has 0 aromatic carbocycles. The summed E-state index contributed by atoms with van der Waals surface area (Å²) in [5.74, 6) is 0. The molecule has 0 aliphatic rings. The highest BCUT2D eigenvalue weighted by atomic mass is 14.4. The van der Waals surface area contributed by atoms with Gasteiger partial charge in [-0.3, -0.25) is 0 Å².